The fourth-order valence-electron chi connectivity index (χ4n) is 1.49. The van der Waals surface area contributed by atoms with Crippen LogP contribution in [-0.4, -0.2) is 12.7 Å². The first-order chi connectivity index (χ1) is 8.38. The highest BCUT2D eigenvalue weighted by Gasteiger charge is 2.25. The van der Waals surface area contributed by atoms with Crippen LogP contribution in [0.25, 0.3) is 0 Å². The lowest BCUT2D eigenvalue weighted by atomic mass is 10.2. The van der Waals surface area contributed by atoms with Gasteiger partial charge >= 0.3 is 6.18 Å². The van der Waals surface area contributed by atoms with E-state index in [-0.39, 0.29) is 6.42 Å². The van der Waals surface area contributed by atoms with E-state index in [1.807, 2.05) is 12.1 Å². The lowest BCUT2D eigenvalue weighted by Crippen LogP contribution is -2.16. The van der Waals surface area contributed by atoms with E-state index < -0.39 is 12.6 Å². The zero-order chi connectivity index (χ0) is 13.6. The van der Waals surface area contributed by atoms with Gasteiger partial charge in [0.1, 0.15) is 0 Å². The van der Waals surface area contributed by atoms with Gasteiger partial charge in [-0.05, 0) is 53.0 Å². The highest BCUT2D eigenvalue weighted by atomic mass is 79.9. The van der Waals surface area contributed by atoms with Gasteiger partial charge in [0.25, 0.3) is 0 Å². The number of nitrogens with one attached hydrogen (secondary N) is 1. The Bertz CT molecular complexity index is 380. The van der Waals surface area contributed by atoms with Crippen LogP contribution in [0.3, 0.4) is 0 Å². The van der Waals surface area contributed by atoms with Crippen molar-refractivity contribution in [1.29, 1.82) is 0 Å². The molecule has 1 rings (SSSR count). The van der Waals surface area contributed by atoms with E-state index in [4.69, 9.17) is 5.73 Å². The second-order valence-electron chi connectivity index (χ2n) is 4.10. The van der Waals surface area contributed by atoms with Crippen LogP contribution in [0.2, 0.25) is 0 Å². The molecule has 18 heavy (non-hydrogen) atoms. The molecule has 0 aliphatic heterocycles. The number of anilines is 1. The fourth-order valence-corrected chi connectivity index (χ4v) is 1.91. The highest BCUT2D eigenvalue weighted by molar-refractivity contribution is 9.10. The van der Waals surface area contributed by atoms with E-state index in [9.17, 15) is 13.2 Å². The molecule has 0 radical (unpaired) electrons. The van der Waals surface area contributed by atoms with E-state index in [1.165, 1.54) is 0 Å². The molecule has 0 fully saturated rings. The van der Waals surface area contributed by atoms with Crippen molar-refractivity contribution in [3.63, 3.8) is 0 Å². The topological polar surface area (TPSA) is 38.0 Å². The lowest BCUT2D eigenvalue weighted by Gasteiger charge is -2.08. The minimum Gasteiger partial charge on any atom is -0.398 e. The smallest absolute Gasteiger partial charge is 0.389 e. The van der Waals surface area contributed by atoms with Crippen LogP contribution in [0, 0.1) is 0 Å². The first-order valence-electron chi connectivity index (χ1n) is 5.70. The molecule has 0 aromatic heterocycles. The summed E-state index contributed by atoms with van der Waals surface area (Å²) >= 11 is 3.32. The maximum Gasteiger partial charge on any atom is 0.389 e. The van der Waals surface area contributed by atoms with Crippen molar-refractivity contribution >= 4 is 21.6 Å². The summed E-state index contributed by atoms with van der Waals surface area (Å²) < 4.78 is 36.5. The Hall–Kier alpha value is -0.750. The molecule has 2 nitrogen and oxygen atoms in total. The number of nitrogen functional groups attached to an aromatic ring is 1. The predicted molar refractivity (Wildman–Crippen MR) is 70.2 cm³/mol. The molecule has 0 atom stereocenters. The molecule has 0 saturated carbocycles. The molecule has 0 bridgehead atoms. The monoisotopic (exact) mass is 324 g/mol. The molecule has 0 amide bonds. The average molecular weight is 325 g/mol. The number of rotatable bonds is 6. The molecular formula is C12H16BrF3N2. The van der Waals surface area contributed by atoms with Gasteiger partial charge in [-0.2, -0.15) is 13.2 Å². The predicted octanol–water partition coefficient (Wildman–Crippen LogP) is 3.85. The van der Waals surface area contributed by atoms with Gasteiger partial charge in [0.2, 0.25) is 0 Å². The van der Waals surface area contributed by atoms with Gasteiger partial charge in [0.15, 0.2) is 0 Å². The Morgan fingerprint density at radius 2 is 1.94 bits per heavy atom. The van der Waals surface area contributed by atoms with Crippen molar-refractivity contribution in [3.8, 4) is 0 Å². The summed E-state index contributed by atoms with van der Waals surface area (Å²) in [7, 11) is 0. The van der Waals surface area contributed by atoms with Crippen molar-refractivity contribution in [2.75, 3.05) is 12.3 Å². The third kappa shape index (κ3) is 6.26. The van der Waals surface area contributed by atoms with Crippen LogP contribution in [0.5, 0.6) is 0 Å². The van der Waals surface area contributed by atoms with E-state index in [2.05, 4.69) is 21.2 Å². The van der Waals surface area contributed by atoms with Gasteiger partial charge < -0.3 is 11.1 Å². The van der Waals surface area contributed by atoms with Gasteiger partial charge in [-0.3, -0.25) is 0 Å². The van der Waals surface area contributed by atoms with Crippen molar-refractivity contribution in [3.05, 3.63) is 28.2 Å². The number of benzene rings is 1. The van der Waals surface area contributed by atoms with Gasteiger partial charge in [0, 0.05) is 23.1 Å². The maximum absolute atomic E-state index is 11.9. The molecule has 0 saturated heterocycles. The summed E-state index contributed by atoms with van der Waals surface area (Å²) in [5.74, 6) is 0. The minimum absolute atomic E-state index is 0.169. The summed E-state index contributed by atoms with van der Waals surface area (Å²) in [6, 6.07) is 5.59. The van der Waals surface area contributed by atoms with Crippen LogP contribution < -0.4 is 11.1 Å². The van der Waals surface area contributed by atoms with Crippen molar-refractivity contribution < 1.29 is 13.2 Å². The van der Waals surface area contributed by atoms with Crippen LogP contribution in [0.4, 0.5) is 18.9 Å². The summed E-state index contributed by atoms with van der Waals surface area (Å²) in [5, 5.41) is 3.11. The molecular weight excluding hydrogens is 309 g/mol. The Morgan fingerprint density at radius 3 is 2.56 bits per heavy atom. The highest BCUT2D eigenvalue weighted by Crippen LogP contribution is 2.22. The lowest BCUT2D eigenvalue weighted by molar-refractivity contribution is -0.135. The summed E-state index contributed by atoms with van der Waals surface area (Å²) in [6.45, 7) is 1.21. The molecule has 0 spiro atoms. The first kappa shape index (κ1) is 15.3. The number of alkyl halides is 3. The molecule has 3 N–H and O–H groups in total. The zero-order valence-electron chi connectivity index (χ0n) is 9.86. The Labute approximate surface area is 113 Å². The Morgan fingerprint density at radius 1 is 1.22 bits per heavy atom. The van der Waals surface area contributed by atoms with Crippen LogP contribution >= 0.6 is 15.9 Å². The third-order valence-corrected chi connectivity index (χ3v) is 3.14. The molecule has 102 valence electrons. The summed E-state index contributed by atoms with van der Waals surface area (Å²) in [5.41, 5.74) is 7.37. The molecule has 1 aromatic carbocycles. The van der Waals surface area contributed by atoms with Crippen LogP contribution in [-0.2, 0) is 6.54 Å². The Kier molecular flexibility index (Phi) is 5.95. The van der Waals surface area contributed by atoms with Gasteiger partial charge in [-0.15, -0.1) is 0 Å². The van der Waals surface area contributed by atoms with E-state index in [0.717, 1.165) is 10.0 Å². The SMILES string of the molecule is Nc1ccc(CNCCCCC(F)(F)F)cc1Br. The molecule has 0 aliphatic rings. The number of halogens is 4. The largest absolute Gasteiger partial charge is 0.398 e. The van der Waals surface area contributed by atoms with Crippen molar-refractivity contribution in [2.24, 2.45) is 0 Å². The van der Waals surface area contributed by atoms with Gasteiger partial charge in [0.05, 0.1) is 0 Å². The van der Waals surface area contributed by atoms with Crippen LogP contribution in [0.15, 0.2) is 22.7 Å². The second kappa shape index (κ2) is 6.99. The van der Waals surface area contributed by atoms with E-state index in [1.54, 1.807) is 6.07 Å². The summed E-state index contributed by atoms with van der Waals surface area (Å²) in [4.78, 5) is 0. The summed E-state index contributed by atoms with van der Waals surface area (Å²) in [6.07, 6.45) is -4.05. The third-order valence-electron chi connectivity index (χ3n) is 2.46. The standard InChI is InChI=1S/C12H16BrF3N2/c13-10-7-9(3-4-11(10)17)8-18-6-2-1-5-12(14,15)16/h3-4,7,18H,1-2,5-6,8,17H2. The van der Waals surface area contributed by atoms with E-state index >= 15 is 0 Å². The number of nitrogens with two attached hydrogens (primary N) is 1. The average Bonchev–Trinajstić information content (AvgIpc) is 2.26. The first-order valence-corrected chi connectivity index (χ1v) is 6.49. The second-order valence-corrected chi connectivity index (χ2v) is 4.96. The maximum atomic E-state index is 11.9. The molecule has 0 heterocycles. The van der Waals surface area contributed by atoms with E-state index in [0.29, 0.717) is 25.2 Å². The fraction of sp³-hybridized carbons (Fsp3) is 0.500. The quantitative estimate of drug-likeness (QED) is 0.616. The number of unbranched alkanes of at least 4 members (excludes halogenated alkanes) is 1. The molecule has 6 heteroatoms. The molecule has 0 aliphatic carbocycles. The van der Waals surface area contributed by atoms with Crippen LogP contribution in [0.1, 0.15) is 24.8 Å². The molecule has 0 unspecified atom stereocenters. The Balaban J connectivity index is 2.16. The molecule has 1 aromatic rings. The van der Waals surface area contributed by atoms with Crippen molar-refractivity contribution in [2.45, 2.75) is 32.0 Å². The minimum atomic E-state index is -4.04. The van der Waals surface area contributed by atoms with Gasteiger partial charge in [-0.25, -0.2) is 0 Å². The number of hydrogen-bond donors (Lipinski definition) is 2. The van der Waals surface area contributed by atoms with Gasteiger partial charge in [-0.1, -0.05) is 6.07 Å². The number of hydrogen-bond acceptors (Lipinski definition) is 2. The zero-order valence-corrected chi connectivity index (χ0v) is 11.4. The van der Waals surface area contributed by atoms with Crippen molar-refractivity contribution in [1.82, 2.24) is 5.32 Å². The normalized spacial score (nSPS) is 11.8.